The molecular weight excluding hydrogens is 1070 g/mol. The molecule has 17 heteroatoms. The predicted octanol–water partition coefficient (Wildman–Crippen LogP) is -4.80. The van der Waals surface area contributed by atoms with Crippen LogP contribution in [0.4, 0.5) is 0 Å². The van der Waals surface area contributed by atoms with Crippen molar-refractivity contribution in [2.24, 2.45) is 71.0 Å². The van der Waals surface area contributed by atoms with E-state index in [4.69, 9.17) is 0 Å². The highest BCUT2D eigenvalue weighted by Gasteiger charge is 2.72. The summed E-state index contributed by atoms with van der Waals surface area (Å²) in [6, 6.07) is 0. The number of likely N-dealkylation sites (tertiary alicyclic amines) is 6. The Morgan fingerprint density at radius 1 is 0.474 bits per heavy atom. The summed E-state index contributed by atoms with van der Waals surface area (Å²) in [5.74, 6) is 4.39. The summed E-state index contributed by atoms with van der Waals surface area (Å²) in [6.07, 6.45) is 2.50. The number of likely N-dealkylation sites (N-methyl/N-ethyl adjacent to an activating group) is 1. The number of quaternary nitrogens is 2. The number of imide groups is 3. The van der Waals surface area contributed by atoms with Gasteiger partial charge in [0.2, 0.25) is 23.6 Å². The maximum absolute atomic E-state index is 11.7. The molecule has 0 aromatic rings. The van der Waals surface area contributed by atoms with Crippen molar-refractivity contribution in [2.45, 2.75) is 14.9 Å². The van der Waals surface area contributed by atoms with Crippen LogP contribution in [0.2, 0.25) is 0 Å². The van der Waals surface area contributed by atoms with Crippen LogP contribution in [0.5, 0.6) is 0 Å². The molecule has 0 aromatic heterocycles. The Bertz CT molecular complexity index is 1360. The van der Waals surface area contributed by atoms with Crippen LogP contribution in [-0.4, -0.2) is 198 Å². The van der Waals surface area contributed by atoms with Crippen LogP contribution in [0.3, 0.4) is 0 Å². The topological polar surface area (TPSA) is 119 Å². The maximum Gasteiger partial charge on any atom is 0.253 e. The molecule has 57 heavy (non-hydrogen) atoms. The Labute approximate surface area is 393 Å². The Morgan fingerprint density at radius 3 is 0.860 bits per heavy atom. The van der Waals surface area contributed by atoms with Crippen molar-refractivity contribution in [3.05, 3.63) is 12.2 Å². The third-order valence-electron chi connectivity index (χ3n) is 14.3. The normalized spacial score (nSPS) is 38.4. The lowest BCUT2D eigenvalue weighted by Gasteiger charge is -2.43. The molecule has 9 fully saturated rings. The summed E-state index contributed by atoms with van der Waals surface area (Å²) in [6.45, 7) is 11.3. The zero-order valence-electron chi connectivity index (χ0n) is 34.0. The first-order valence-corrected chi connectivity index (χ1v) is 21.0. The first-order valence-electron chi connectivity index (χ1n) is 18.8. The van der Waals surface area contributed by atoms with Gasteiger partial charge in [0.15, 0.2) is 0 Å². The van der Waals surface area contributed by atoms with Gasteiger partial charge in [0.05, 0.1) is 78.0 Å². The van der Waals surface area contributed by atoms with Gasteiger partial charge in [-0.25, -0.2) is 0 Å². The Kier molecular flexibility index (Phi) is 19.0. The molecule has 7 aliphatic heterocycles. The van der Waals surface area contributed by atoms with Gasteiger partial charge in [-0.2, -0.15) is 0 Å². The van der Waals surface area contributed by atoms with Crippen molar-refractivity contribution < 1.29 is 87.1 Å². The van der Waals surface area contributed by atoms with Crippen LogP contribution in [0.1, 0.15) is 16.3 Å². The quantitative estimate of drug-likeness (QED) is 0.0782. The number of rotatable bonds is 0. The summed E-state index contributed by atoms with van der Waals surface area (Å²) in [5, 5.41) is 0. The van der Waals surface area contributed by atoms with E-state index < -0.39 is 23.7 Å². The van der Waals surface area contributed by atoms with E-state index in [1.54, 1.807) is 0 Å². The summed E-state index contributed by atoms with van der Waals surface area (Å²) < 4.78 is 2.57. The molecule has 3 radical (unpaired) electrons. The molecule has 0 bridgehead atoms. The monoisotopic (exact) mass is 1140 g/mol. The lowest BCUT2D eigenvalue weighted by Crippen LogP contribution is -3.00. The third kappa shape index (κ3) is 9.53. The predicted molar refractivity (Wildman–Crippen MR) is 224 cm³/mol. The minimum absolute atomic E-state index is 0. The number of hydrogen-bond donors (Lipinski definition) is 0. The van der Waals surface area contributed by atoms with E-state index in [0.29, 0.717) is 0 Å². The number of carbonyl (C=O) groups excluding carboxylic acids is 6. The van der Waals surface area contributed by atoms with Crippen molar-refractivity contribution in [3.63, 3.8) is 0 Å². The molecule has 3 saturated carbocycles. The van der Waals surface area contributed by atoms with Gasteiger partial charge in [0.25, 0.3) is 11.8 Å². The van der Waals surface area contributed by atoms with Crippen molar-refractivity contribution in [2.75, 3.05) is 121 Å². The molecule has 0 atom stereocenters. The fourth-order valence-electron chi connectivity index (χ4n) is 12.0. The number of nitrogens with zero attached hydrogens (tertiary/aromatic N) is 7. The van der Waals surface area contributed by atoms with Gasteiger partial charge in [-0.15, -0.1) is 0 Å². The third-order valence-corrected chi connectivity index (χ3v) is 14.3. The maximum atomic E-state index is 11.7. The van der Waals surface area contributed by atoms with Gasteiger partial charge in [-0.3, -0.25) is 43.5 Å². The van der Waals surface area contributed by atoms with E-state index in [1.165, 1.54) is 94.6 Å². The minimum Gasteiger partial charge on any atom is -1.00 e. The summed E-state index contributed by atoms with van der Waals surface area (Å²) in [5.41, 5.74) is 0. The van der Waals surface area contributed by atoms with Gasteiger partial charge in [0.1, 0.15) is 0 Å². The first kappa shape index (κ1) is 54.3. The Balaban J connectivity index is 0.000000726. The second-order valence-electron chi connectivity index (χ2n) is 18.5. The smallest absolute Gasteiger partial charge is 0.253 e. The van der Waals surface area contributed by atoms with Crippen LogP contribution in [0.15, 0.2) is 12.2 Å². The van der Waals surface area contributed by atoms with Crippen molar-refractivity contribution in [1.29, 1.82) is 0 Å². The van der Waals surface area contributed by atoms with Gasteiger partial charge < -0.3 is 66.7 Å². The average molecular weight is 1140 g/mol. The summed E-state index contributed by atoms with van der Waals surface area (Å²) >= 11 is 2.15. The number of carbonyl (C=O) groups is 6. The summed E-state index contributed by atoms with van der Waals surface area (Å²) in [7, 11) is 18.4. The van der Waals surface area contributed by atoms with Crippen molar-refractivity contribution in [1.82, 2.24) is 24.5 Å². The van der Waals surface area contributed by atoms with Gasteiger partial charge in [-0.1, -0.05) is 37.4 Å². The molecule has 6 saturated heterocycles. The first-order chi connectivity index (χ1) is 24.3. The molecule has 0 N–H and O–H groups in total. The number of amides is 6. The van der Waals surface area contributed by atoms with E-state index in [2.05, 4.69) is 74.7 Å². The van der Waals surface area contributed by atoms with Crippen LogP contribution in [0, 0.1) is 71.0 Å². The standard InChI is InChI=1S/C12H24N2.C10H10N2O4.C10H18N2.C5H5NO2.CH3I.2CH4.B.2HI.H2/c1-13(2)5-9-10(6-13)12-8-14(3,4)7-11(9)12;1-11-7(13)3-4(8(11)14)6-5(3)9(15)12(2)10(6)16;1-11-3-7-8(4-11)10-6-12(2)5-9(7)10;1-6-4(7)2-3-5(6)8;1-2;;;;;;/h9-12H,5-8H2,1-4H3;3-6H,1-2H3;7-10H,3-6H2,1-2H3;2-3H,1H3;1H3;2*1H4;;3*1H/q+2;;;;;;;;;;/p-2/i;;;;;;;;;;1+1. The van der Waals surface area contributed by atoms with E-state index in [1.807, 2.05) is 4.93 Å². The minimum atomic E-state index is -0.594. The molecule has 0 unspecified atom stereocenters. The molecule has 13 nitrogen and oxygen atoms in total. The molecular formula is C40H70BI3N7O6. The lowest BCUT2D eigenvalue weighted by atomic mass is 9.59. The van der Waals surface area contributed by atoms with Crippen LogP contribution < -0.4 is 48.0 Å². The Hall–Kier alpha value is -0.745. The van der Waals surface area contributed by atoms with Crippen LogP contribution in [0.25, 0.3) is 0 Å². The molecule has 3 aliphatic carbocycles. The molecule has 6 amide bonds. The highest BCUT2D eigenvalue weighted by atomic mass is 127. The Morgan fingerprint density at radius 2 is 0.684 bits per heavy atom. The van der Waals surface area contributed by atoms with E-state index in [-0.39, 0.29) is 108 Å². The number of hydrogen-bond acceptors (Lipinski definition) is 8. The fourth-order valence-corrected chi connectivity index (χ4v) is 12.0. The highest BCUT2D eigenvalue weighted by Crippen LogP contribution is 2.57. The van der Waals surface area contributed by atoms with Crippen LogP contribution >= 0.6 is 22.6 Å². The molecule has 325 valence electrons. The van der Waals surface area contributed by atoms with Crippen molar-refractivity contribution >= 4 is 66.4 Å². The van der Waals surface area contributed by atoms with Crippen molar-refractivity contribution in [3.8, 4) is 0 Å². The largest absolute Gasteiger partial charge is 1.00 e. The SMILES string of the molecule is C.C.CI.CN1C(=O)C2C(C1=O)C1C(=O)N(C)C(=O)C21.CN1C(=O)C=CC1=O.CN1CC2C(C1)C1CN(C)CC21.C[N+]1(C)CC2C(C1)C1C[N+](C)(C)CC21.[2HH].[B].[I-].[I-]. The highest BCUT2D eigenvalue weighted by molar-refractivity contribution is 14.1. The molecule has 7 heterocycles. The number of halogens is 3. The molecule has 10 aliphatic rings. The van der Waals surface area contributed by atoms with E-state index in [0.717, 1.165) is 62.0 Å². The molecule has 0 spiro atoms. The van der Waals surface area contributed by atoms with Gasteiger partial charge >= 0.3 is 0 Å². The van der Waals surface area contributed by atoms with Gasteiger partial charge in [0, 0.05) is 93.0 Å². The lowest BCUT2D eigenvalue weighted by molar-refractivity contribution is -0.887. The molecule has 10 rings (SSSR count). The van der Waals surface area contributed by atoms with Gasteiger partial charge in [-0.05, 0) is 42.7 Å². The second kappa shape index (κ2) is 20.0. The fraction of sp³-hybridized carbons (Fsp3) is 0.800. The van der Waals surface area contributed by atoms with E-state index >= 15 is 0 Å². The van der Waals surface area contributed by atoms with E-state index in [9.17, 15) is 28.8 Å². The van der Waals surface area contributed by atoms with Crippen LogP contribution in [-0.2, 0) is 28.8 Å². The second-order valence-corrected chi connectivity index (χ2v) is 18.5. The average Bonchev–Trinajstić information content (AvgIpc) is 3.90. The summed E-state index contributed by atoms with van der Waals surface area (Å²) in [4.78, 5) is 77.8. The number of fused-ring (bicyclic) bond motifs is 12. The molecule has 0 aromatic carbocycles. The number of alkyl halides is 1. The zero-order valence-corrected chi connectivity index (χ0v) is 40.5. The zero-order chi connectivity index (χ0) is 38.4.